The lowest BCUT2D eigenvalue weighted by molar-refractivity contribution is -0.133. The summed E-state index contributed by atoms with van der Waals surface area (Å²) in [5.41, 5.74) is 0.472. The second kappa shape index (κ2) is 12.5. The molecular weight excluding hydrogens is 416 g/mol. The van der Waals surface area contributed by atoms with Gasteiger partial charge in [0.15, 0.2) is 5.13 Å². The molecule has 2 N–H and O–H groups in total. The third kappa shape index (κ3) is 7.37. The highest BCUT2D eigenvalue weighted by Gasteiger charge is 2.39. The van der Waals surface area contributed by atoms with Crippen LogP contribution in [0, 0.1) is 5.41 Å². The maximum atomic E-state index is 13.2. The van der Waals surface area contributed by atoms with Crippen molar-refractivity contribution in [3.63, 3.8) is 0 Å². The second-order valence-corrected chi connectivity index (χ2v) is 8.50. The number of pyridine rings is 1. The molecule has 1 aliphatic rings. The molecule has 31 heavy (non-hydrogen) atoms. The maximum Gasteiger partial charge on any atom is 0.226 e. The van der Waals surface area contributed by atoms with Crippen LogP contribution in [0.15, 0.2) is 29.8 Å². The molecule has 2 aromatic heterocycles. The predicted molar refractivity (Wildman–Crippen MR) is 120 cm³/mol. The van der Waals surface area contributed by atoms with E-state index in [1.54, 1.807) is 6.20 Å². The Balaban J connectivity index is 1.54. The number of anilines is 2. The van der Waals surface area contributed by atoms with E-state index in [-0.39, 0.29) is 12.5 Å². The van der Waals surface area contributed by atoms with Crippen LogP contribution in [0.1, 0.15) is 37.8 Å². The quantitative estimate of drug-likeness (QED) is 0.360. The number of rotatable bonds is 13. The van der Waals surface area contributed by atoms with Crippen LogP contribution >= 0.6 is 11.3 Å². The minimum Gasteiger partial charge on any atom is -0.377 e. The largest absolute Gasteiger partial charge is 0.377 e. The van der Waals surface area contributed by atoms with E-state index in [0.29, 0.717) is 39.1 Å². The molecule has 0 aliphatic heterocycles. The van der Waals surface area contributed by atoms with Gasteiger partial charge in [-0.25, -0.2) is 9.97 Å². The van der Waals surface area contributed by atoms with E-state index in [0.717, 1.165) is 48.7 Å². The monoisotopic (exact) mass is 446 g/mol. The van der Waals surface area contributed by atoms with Crippen molar-refractivity contribution in [1.82, 2.24) is 15.3 Å². The van der Waals surface area contributed by atoms with E-state index in [4.69, 9.17) is 14.5 Å². The zero-order valence-corrected chi connectivity index (χ0v) is 18.5. The molecule has 1 fully saturated rings. The smallest absolute Gasteiger partial charge is 0.226 e. The minimum atomic E-state index is -0.432. The molecule has 0 spiro atoms. The summed E-state index contributed by atoms with van der Waals surface area (Å²) in [6.45, 7) is 1.72. The van der Waals surface area contributed by atoms with Gasteiger partial charge in [0, 0.05) is 30.2 Å². The summed E-state index contributed by atoms with van der Waals surface area (Å²) in [5, 5.41) is 8.98. The number of nitrogens with zero attached hydrogens (tertiary/aromatic N) is 2. The van der Waals surface area contributed by atoms with Crippen LogP contribution in [-0.4, -0.2) is 55.1 Å². The minimum absolute atomic E-state index is 0.0769. The molecule has 1 aliphatic carbocycles. The van der Waals surface area contributed by atoms with Crippen molar-refractivity contribution in [3.8, 4) is 0 Å². The second-order valence-electron chi connectivity index (χ2n) is 7.60. The molecule has 1 amide bonds. The number of hydrogen-bond donors (Lipinski definition) is 2. The fraction of sp³-hybridized carbons (Fsp3) is 0.545. The van der Waals surface area contributed by atoms with Gasteiger partial charge in [-0.05, 0) is 25.0 Å². The van der Waals surface area contributed by atoms with Crippen molar-refractivity contribution >= 4 is 34.5 Å². The molecule has 1 saturated carbocycles. The van der Waals surface area contributed by atoms with Gasteiger partial charge in [0.25, 0.3) is 0 Å². The van der Waals surface area contributed by atoms with Gasteiger partial charge in [0.05, 0.1) is 25.2 Å². The van der Waals surface area contributed by atoms with E-state index in [2.05, 4.69) is 15.6 Å². The number of aldehydes is 1. The summed E-state index contributed by atoms with van der Waals surface area (Å²) in [6.07, 6.45) is 8.08. The highest BCUT2D eigenvalue weighted by molar-refractivity contribution is 7.13. The fourth-order valence-electron chi connectivity index (χ4n) is 3.88. The van der Waals surface area contributed by atoms with Gasteiger partial charge < -0.3 is 24.9 Å². The van der Waals surface area contributed by atoms with Gasteiger partial charge in [-0.1, -0.05) is 25.3 Å². The normalized spacial score (nSPS) is 15.4. The summed E-state index contributed by atoms with van der Waals surface area (Å²) in [5.74, 6) is 0.817. The molecule has 0 unspecified atom stereocenters. The highest BCUT2D eigenvalue weighted by Crippen LogP contribution is 2.39. The van der Waals surface area contributed by atoms with E-state index >= 15 is 0 Å². The Kier molecular flexibility index (Phi) is 9.39. The number of amides is 1. The first-order chi connectivity index (χ1) is 15.2. The molecule has 168 valence electrons. The summed E-state index contributed by atoms with van der Waals surface area (Å²) >= 11 is 1.52. The van der Waals surface area contributed by atoms with Gasteiger partial charge in [-0.3, -0.25) is 4.79 Å². The molecule has 0 saturated heterocycles. The van der Waals surface area contributed by atoms with Crippen molar-refractivity contribution in [2.24, 2.45) is 5.41 Å². The maximum absolute atomic E-state index is 13.2. The molecule has 3 rings (SSSR count). The Morgan fingerprint density at radius 1 is 1.16 bits per heavy atom. The van der Waals surface area contributed by atoms with Crippen LogP contribution in [0.3, 0.4) is 0 Å². The standard InChI is InChI=1S/C22H30N4O4S/c27-11-13-30-15-14-29-12-9-23-20(28)22(7-2-1-3-8-22)17-18-5-4-6-19(25-18)26-21-24-10-16-31-21/h4-6,10-11,16H,1-3,7-9,12-15,17H2,(H,23,28)(H,24,25,26). The van der Waals surface area contributed by atoms with E-state index < -0.39 is 5.41 Å². The molecular formula is C22H30N4O4S. The lowest BCUT2D eigenvalue weighted by Gasteiger charge is -2.35. The van der Waals surface area contributed by atoms with Crippen LogP contribution in [0.2, 0.25) is 0 Å². The number of aromatic nitrogens is 2. The lowest BCUT2D eigenvalue weighted by Crippen LogP contribution is -2.45. The summed E-state index contributed by atoms with van der Waals surface area (Å²) < 4.78 is 10.5. The molecule has 0 radical (unpaired) electrons. The summed E-state index contributed by atoms with van der Waals surface area (Å²) in [7, 11) is 0. The zero-order chi connectivity index (χ0) is 21.8. The van der Waals surface area contributed by atoms with Crippen LogP contribution < -0.4 is 10.6 Å². The van der Waals surface area contributed by atoms with Gasteiger partial charge in [0.2, 0.25) is 5.91 Å². The average molecular weight is 447 g/mol. The Bertz CT molecular complexity index is 810. The van der Waals surface area contributed by atoms with Crippen LogP contribution in [0.25, 0.3) is 0 Å². The molecule has 0 bridgehead atoms. The van der Waals surface area contributed by atoms with Crippen molar-refractivity contribution in [3.05, 3.63) is 35.5 Å². The number of ether oxygens (including phenoxy) is 2. The number of hydrogen-bond acceptors (Lipinski definition) is 8. The first-order valence-electron chi connectivity index (χ1n) is 10.7. The fourth-order valence-corrected chi connectivity index (χ4v) is 4.41. The third-order valence-corrected chi connectivity index (χ3v) is 6.06. The van der Waals surface area contributed by atoms with Crippen molar-refractivity contribution in [1.29, 1.82) is 0 Å². The van der Waals surface area contributed by atoms with Gasteiger partial charge in [-0.2, -0.15) is 0 Å². The highest BCUT2D eigenvalue weighted by atomic mass is 32.1. The van der Waals surface area contributed by atoms with Crippen molar-refractivity contribution in [2.45, 2.75) is 38.5 Å². The topological polar surface area (TPSA) is 102 Å². The Labute approximate surface area is 186 Å². The first kappa shape index (κ1) is 23.3. The van der Waals surface area contributed by atoms with Crippen LogP contribution in [0.4, 0.5) is 10.9 Å². The number of thiazole rings is 1. The van der Waals surface area contributed by atoms with Gasteiger partial charge in [0.1, 0.15) is 18.7 Å². The zero-order valence-electron chi connectivity index (χ0n) is 17.7. The Hall–Kier alpha value is -2.36. The molecule has 2 heterocycles. The van der Waals surface area contributed by atoms with E-state index in [1.807, 2.05) is 23.6 Å². The first-order valence-corrected chi connectivity index (χ1v) is 11.6. The van der Waals surface area contributed by atoms with Gasteiger partial charge >= 0.3 is 0 Å². The average Bonchev–Trinajstić information content (AvgIpc) is 3.29. The third-order valence-electron chi connectivity index (χ3n) is 5.38. The van der Waals surface area contributed by atoms with Crippen molar-refractivity contribution < 1.29 is 19.1 Å². The number of carbonyl (C=O) groups is 2. The number of carbonyl (C=O) groups excluding carboxylic acids is 2. The SMILES string of the molecule is O=CCOCCOCCNC(=O)C1(Cc2cccc(Nc3nccs3)n2)CCCCC1. The number of nitrogens with one attached hydrogen (secondary N) is 2. The molecule has 2 aromatic rings. The Morgan fingerprint density at radius 3 is 2.77 bits per heavy atom. The Morgan fingerprint density at radius 2 is 2.00 bits per heavy atom. The summed E-state index contributed by atoms with van der Waals surface area (Å²) in [4.78, 5) is 32.3. The summed E-state index contributed by atoms with van der Waals surface area (Å²) in [6, 6.07) is 5.86. The van der Waals surface area contributed by atoms with Crippen molar-refractivity contribution in [2.75, 3.05) is 38.3 Å². The molecule has 8 nitrogen and oxygen atoms in total. The molecule has 9 heteroatoms. The van der Waals surface area contributed by atoms with Crippen LogP contribution in [-0.2, 0) is 25.5 Å². The van der Waals surface area contributed by atoms with E-state index in [9.17, 15) is 9.59 Å². The van der Waals surface area contributed by atoms with Gasteiger partial charge in [-0.15, -0.1) is 11.3 Å². The van der Waals surface area contributed by atoms with Crippen LogP contribution in [0.5, 0.6) is 0 Å². The molecule has 0 aromatic carbocycles. The predicted octanol–water partition coefficient (Wildman–Crippen LogP) is 3.12. The lowest BCUT2D eigenvalue weighted by atomic mass is 9.70. The van der Waals surface area contributed by atoms with E-state index in [1.165, 1.54) is 11.3 Å². The molecule has 0 atom stereocenters.